The molecule has 1 aliphatic carbocycles. The summed E-state index contributed by atoms with van der Waals surface area (Å²) in [6.07, 6.45) is 4.97. The number of nitrogens with one attached hydrogen (secondary N) is 1. The summed E-state index contributed by atoms with van der Waals surface area (Å²) in [5.41, 5.74) is 0.686. The highest BCUT2D eigenvalue weighted by atomic mass is 16.4. The molecular weight excluding hydrogens is 372 g/mol. The number of benzene rings is 2. The van der Waals surface area contributed by atoms with Crippen molar-refractivity contribution in [3.8, 4) is 0 Å². The van der Waals surface area contributed by atoms with Gasteiger partial charge in [0.25, 0.3) is 5.91 Å². The predicted molar refractivity (Wildman–Crippen MR) is 103 cm³/mol. The molecule has 7 nitrogen and oxygen atoms in total. The van der Waals surface area contributed by atoms with E-state index >= 15 is 0 Å². The van der Waals surface area contributed by atoms with Gasteiger partial charge in [0.15, 0.2) is 0 Å². The first-order valence-electron chi connectivity index (χ1n) is 9.22. The molecule has 1 aliphatic heterocycles. The fourth-order valence-corrected chi connectivity index (χ4v) is 3.78. The molecule has 4 rings (SSSR count). The molecule has 2 aromatic rings. The summed E-state index contributed by atoms with van der Waals surface area (Å²) < 4.78 is 0. The van der Waals surface area contributed by atoms with Crippen LogP contribution in [0.2, 0.25) is 0 Å². The Morgan fingerprint density at radius 3 is 2.07 bits per heavy atom. The first-order chi connectivity index (χ1) is 14.0. The Morgan fingerprint density at radius 2 is 1.48 bits per heavy atom. The minimum atomic E-state index is -1.39. The number of carbonyl (C=O) groups excluding carboxylic acids is 4. The van der Waals surface area contributed by atoms with Crippen LogP contribution >= 0.6 is 0 Å². The number of hydrogen-bond donors (Lipinski definition) is 1. The maximum absolute atomic E-state index is 12.6. The lowest BCUT2D eigenvalue weighted by Crippen LogP contribution is -2.30. The van der Waals surface area contributed by atoms with Crippen molar-refractivity contribution in [1.82, 2.24) is 0 Å². The maximum Gasteiger partial charge on any atom is 0.255 e. The van der Waals surface area contributed by atoms with Gasteiger partial charge in [0.05, 0.1) is 29.2 Å². The number of carbonyl (C=O) groups is 4. The molecule has 1 fully saturated rings. The summed E-state index contributed by atoms with van der Waals surface area (Å²) in [6, 6.07) is 12.0. The third kappa shape index (κ3) is 3.31. The van der Waals surface area contributed by atoms with Gasteiger partial charge in [-0.1, -0.05) is 30.4 Å². The summed E-state index contributed by atoms with van der Waals surface area (Å²) in [6.45, 7) is 0. The molecule has 0 radical (unpaired) electrons. The van der Waals surface area contributed by atoms with Crippen LogP contribution in [0.1, 0.15) is 33.6 Å². The van der Waals surface area contributed by atoms with Gasteiger partial charge in [0.2, 0.25) is 11.8 Å². The van der Waals surface area contributed by atoms with Crippen LogP contribution < -0.4 is 15.3 Å². The van der Waals surface area contributed by atoms with Gasteiger partial charge in [-0.3, -0.25) is 19.3 Å². The molecule has 1 N–H and O–H groups in total. The van der Waals surface area contributed by atoms with E-state index in [0.717, 1.165) is 0 Å². The smallest absolute Gasteiger partial charge is 0.255 e. The standard InChI is InChI=1S/C22H18N2O5/c25-19(23-18-8-4-3-7-17(18)22(28)29)13-9-11-14(12-10-13)24-20(26)15-5-1-2-6-16(15)21(24)27/h1-4,7-12,15-16H,5-6H2,(H,23,25)(H,28,29)/p-1/t15-,16-/m1/s1. The fraction of sp³-hybridized carbons (Fsp3) is 0.182. The van der Waals surface area contributed by atoms with Crippen molar-refractivity contribution in [1.29, 1.82) is 0 Å². The molecule has 1 saturated heterocycles. The number of nitrogens with zero attached hydrogens (tertiary/aromatic N) is 1. The van der Waals surface area contributed by atoms with Crippen LogP contribution in [0, 0.1) is 11.8 Å². The zero-order valence-electron chi connectivity index (χ0n) is 15.3. The SMILES string of the molecule is O=C(Nc1ccccc1C(=O)[O-])c1ccc(N2C(=O)[C@@H]3CC=CC[C@H]3C2=O)cc1. The Bertz CT molecular complexity index is 1020. The van der Waals surface area contributed by atoms with E-state index in [4.69, 9.17) is 0 Å². The number of amides is 3. The van der Waals surface area contributed by atoms with Crippen LogP contribution in [0.4, 0.5) is 11.4 Å². The van der Waals surface area contributed by atoms with E-state index in [2.05, 4.69) is 5.32 Å². The Hall–Kier alpha value is -3.74. The number of rotatable bonds is 4. The molecular formula is C22H17N2O5-. The minimum Gasteiger partial charge on any atom is -0.545 e. The lowest BCUT2D eigenvalue weighted by Gasteiger charge is -2.15. The van der Waals surface area contributed by atoms with E-state index < -0.39 is 11.9 Å². The fourth-order valence-electron chi connectivity index (χ4n) is 3.78. The van der Waals surface area contributed by atoms with Crippen LogP contribution in [0.25, 0.3) is 0 Å². The number of imide groups is 1. The molecule has 3 amide bonds. The van der Waals surface area contributed by atoms with Gasteiger partial charge in [-0.15, -0.1) is 0 Å². The molecule has 2 aliphatic rings. The molecule has 29 heavy (non-hydrogen) atoms. The summed E-state index contributed by atoms with van der Waals surface area (Å²) >= 11 is 0. The molecule has 0 saturated carbocycles. The third-order valence-corrected chi connectivity index (χ3v) is 5.29. The van der Waals surface area contributed by atoms with Crippen molar-refractivity contribution < 1.29 is 24.3 Å². The van der Waals surface area contributed by atoms with E-state index in [9.17, 15) is 24.3 Å². The van der Waals surface area contributed by atoms with Crippen molar-refractivity contribution in [2.45, 2.75) is 12.8 Å². The van der Waals surface area contributed by atoms with Crippen LogP contribution in [-0.2, 0) is 9.59 Å². The van der Waals surface area contributed by atoms with E-state index in [1.165, 1.54) is 35.2 Å². The Morgan fingerprint density at radius 1 is 0.897 bits per heavy atom. The molecule has 7 heteroatoms. The van der Waals surface area contributed by atoms with E-state index in [1.807, 2.05) is 12.2 Å². The van der Waals surface area contributed by atoms with Gasteiger partial charge in [-0.05, 0) is 43.2 Å². The highest BCUT2D eigenvalue weighted by Gasteiger charge is 2.47. The normalized spacial score (nSPS) is 20.5. The van der Waals surface area contributed by atoms with Crippen LogP contribution in [-0.4, -0.2) is 23.7 Å². The molecule has 1 heterocycles. The Labute approximate surface area is 166 Å². The van der Waals surface area contributed by atoms with Gasteiger partial charge in [0.1, 0.15) is 0 Å². The van der Waals surface area contributed by atoms with E-state index in [-0.39, 0.29) is 40.5 Å². The van der Waals surface area contributed by atoms with Crippen LogP contribution in [0.3, 0.4) is 0 Å². The number of allylic oxidation sites excluding steroid dienone is 2. The second-order valence-corrected chi connectivity index (χ2v) is 7.00. The van der Waals surface area contributed by atoms with Gasteiger partial charge in [-0.25, -0.2) is 0 Å². The average molecular weight is 389 g/mol. The predicted octanol–water partition coefficient (Wildman–Crippen LogP) is 1.76. The second kappa shape index (κ2) is 7.35. The summed E-state index contributed by atoms with van der Waals surface area (Å²) in [7, 11) is 0. The van der Waals surface area contributed by atoms with E-state index in [1.54, 1.807) is 18.2 Å². The van der Waals surface area contributed by atoms with Gasteiger partial charge < -0.3 is 15.2 Å². The largest absolute Gasteiger partial charge is 0.545 e. The van der Waals surface area contributed by atoms with Crippen molar-refractivity contribution in [2.24, 2.45) is 11.8 Å². The number of anilines is 2. The molecule has 2 atom stereocenters. The maximum atomic E-state index is 12.6. The van der Waals surface area contributed by atoms with Gasteiger partial charge >= 0.3 is 0 Å². The van der Waals surface area contributed by atoms with Crippen LogP contribution in [0.15, 0.2) is 60.7 Å². The number of carboxylic acid groups (broad SMARTS) is 1. The highest BCUT2D eigenvalue weighted by molar-refractivity contribution is 6.22. The third-order valence-electron chi connectivity index (χ3n) is 5.29. The van der Waals surface area contributed by atoms with Crippen molar-refractivity contribution in [2.75, 3.05) is 10.2 Å². The molecule has 0 bridgehead atoms. The average Bonchev–Trinajstić information content (AvgIpc) is 2.99. The van der Waals surface area contributed by atoms with E-state index in [0.29, 0.717) is 18.5 Å². The lowest BCUT2D eigenvalue weighted by atomic mass is 9.85. The molecule has 0 unspecified atom stereocenters. The van der Waals surface area contributed by atoms with Gasteiger partial charge in [-0.2, -0.15) is 0 Å². The van der Waals surface area contributed by atoms with Crippen molar-refractivity contribution >= 4 is 35.1 Å². The second-order valence-electron chi connectivity index (χ2n) is 7.00. The quantitative estimate of drug-likeness (QED) is 0.633. The summed E-state index contributed by atoms with van der Waals surface area (Å²) in [5.74, 6) is -2.98. The van der Waals surface area contributed by atoms with Crippen LogP contribution in [0.5, 0.6) is 0 Å². The first kappa shape index (κ1) is 18.6. The number of fused-ring (bicyclic) bond motifs is 1. The number of para-hydroxylation sites is 1. The Kier molecular flexibility index (Phi) is 4.72. The zero-order valence-corrected chi connectivity index (χ0v) is 15.3. The monoisotopic (exact) mass is 389 g/mol. The Balaban J connectivity index is 1.53. The van der Waals surface area contributed by atoms with Crippen molar-refractivity contribution in [3.05, 3.63) is 71.8 Å². The number of carboxylic acids is 1. The molecule has 0 aromatic heterocycles. The topological polar surface area (TPSA) is 107 Å². The molecule has 0 spiro atoms. The number of hydrogen-bond acceptors (Lipinski definition) is 5. The first-order valence-corrected chi connectivity index (χ1v) is 9.22. The lowest BCUT2D eigenvalue weighted by molar-refractivity contribution is -0.254. The number of aromatic carboxylic acids is 1. The summed E-state index contributed by atoms with van der Waals surface area (Å²) in [5, 5.41) is 13.7. The summed E-state index contributed by atoms with van der Waals surface area (Å²) in [4.78, 5) is 50.1. The molecule has 2 aromatic carbocycles. The highest BCUT2D eigenvalue weighted by Crippen LogP contribution is 2.37. The molecule has 146 valence electrons. The minimum absolute atomic E-state index is 0.123. The van der Waals surface area contributed by atoms with Crippen molar-refractivity contribution in [3.63, 3.8) is 0 Å². The van der Waals surface area contributed by atoms with Gasteiger partial charge in [0, 0.05) is 11.1 Å². The zero-order chi connectivity index (χ0) is 20.5.